The van der Waals surface area contributed by atoms with Gasteiger partial charge in [-0.25, -0.2) is 8.42 Å². The molecule has 1 aromatic carbocycles. The van der Waals surface area contributed by atoms with Crippen LogP contribution in [0.2, 0.25) is 0 Å². The highest BCUT2D eigenvalue weighted by atomic mass is 79.9. The SMILES string of the molecule is CC(c1cccs1)N(C)S(=O)(=O)c1ccc(Br)cc1N. The molecule has 0 bridgehead atoms. The summed E-state index contributed by atoms with van der Waals surface area (Å²) in [6, 6.07) is 8.38. The van der Waals surface area contributed by atoms with Crippen molar-refractivity contribution < 1.29 is 8.42 Å². The normalized spacial score (nSPS) is 13.6. The first-order valence-electron chi connectivity index (χ1n) is 5.90. The predicted molar refractivity (Wildman–Crippen MR) is 86.2 cm³/mol. The molecule has 1 unspecified atom stereocenters. The van der Waals surface area contributed by atoms with Crippen LogP contribution < -0.4 is 5.73 Å². The number of halogens is 1. The molecule has 0 saturated carbocycles. The number of nitrogen functional groups attached to an aromatic ring is 1. The van der Waals surface area contributed by atoms with Gasteiger partial charge in [0.05, 0.1) is 11.7 Å². The van der Waals surface area contributed by atoms with Crippen LogP contribution in [0, 0.1) is 0 Å². The zero-order chi connectivity index (χ0) is 14.9. The zero-order valence-corrected chi connectivity index (χ0v) is 14.3. The Morgan fingerprint density at radius 2 is 2.05 bits per heavy atom. The molecule has 0 aliphatic rings. The van der Waals surface area contributed by atoms with Crippen LogP contribution in [0.5, 0.6) is 0 Å². The van der Waals surface area contributed by atoms with E-state index in [1.165, 1.54) is 21.7 Å². The summed E-state index contributed by atoms with van der Waals surface area (Å²) >= 11 is 4.81. The molecule has 0 aliphatic heterocycles. The molecule has 7 heteroatoms. The number of hydrogen-bond acceptors (Lipinski definition) is 4. The first kappa shape index (κ1) is 15.5. The van der Waals surface area contributed by atoms with Gasteiger partial charge in [-0.05, 0) is 36.6 Å². The summed E-state index contributed by atoms with van der Waals surface area (Å²) in [5.41, 5.74) is 6.07. The van der Waals surface area contributed by atoms with Crippen molar-refractivity contribution in [2.45, 2.75) is 17.9 Å². The molecule has 4 nitrogen and oxygen atoms in total. The van der Waals surface area contributed by atoms with Gasteiger partial charge in [-0.15, -0.1) is 11.3 Å². The van der Waals surface area contributed by atoms with E-state index in [1.807, 2.05) is 24.4 Å². The molecule has 1 aromatic heterocycles. The lowest BCUT2D eigenvalue weighted by molar-refractivity contribution is 0.403. The van der Waals surface area contributed by atoms with Crippen LogP contribution >= 0.6 is 27.3 Å². The second-order valence-corrected chi connectivity index (χ2v) is 8.26. The predicted octanol–water partition coefficient (Wildman–Crippen LogP) is 3.47. The summed E-state index contributed by atoms with van der Waals surface area (Å²) in [7, 11) is -2.05. The van der Waals surface area contributed by atoms with Crippen LogP contribution in [0.4, 0.5) is 5.69 Å². The number of benzene rings is 1. The van der Waals surface area contributed by atoms with E-state index in [9.17, 15) is 8.42 Å². The highest BCUT2D eigenvalue weighted by molar-refractivity contribution is 9.10. The Balaban J connectivity index is 2.39. The number of hydrogen-bond donors (Lipinski definition) is 1. The molecule has 2 aromatic rings. The summed E-state index contributed by atoms with van der Waals surface area (Å²) < 4.78 is 27.4. The summed E-state index contributed by atoms with van der Waals surface area (Å²) in [6.45, 7) is 1.86. The summed E-state index contributed by atoms with van der Waals surface area (Å²) in [4.78, 5) is 1.12. The first-order chi connectivity index (χ1) is 9.34. The Kier molecular flexibility index (Phi) is 4.53. The monoisotopic (exact) mass is 374 g/mol. The quantitative estimate of drug-likeness (QED) is 0.833. The van der Waals surface area contributed by atoms with Crippen LogP contribution in [0.3, 0.4) is 0 Å². The van der Waals surface area contributed by atoms with Crippen LogP contribution in [0.25, 0.3) is 0 Å². The molecule has 0 fully saturated rings. The van der Waals surface area contributed by atoms with Crippen molar-refractivity contribution in [3.63, 3.8) is 0 Å². The van der Waals surface area contributed by atoms with Crippen molar-refractivity contribution in [3.8, 4) is 0 Å². The minimum atomic E-state index is -3.62. The van der Waals surface area contributed by atoms with Gasteiger partial charge in [0.1, 0.15) is 4.90 Å². The van der Waals surface area contributed by atoms with E-state index in [2.05, 4.69) is 15.9 Å². The number of thiophene rings is 1. The van der Waals surface area contributed by atoms with Gasteiger partial charge in [0.25, 0.3) is 0 Å². The standard InChI is InChI=1S/C13H15BrN2O2S2/c1-9(12-4-3-7-19-12)16(2)20(17,18)13-6-5-10(14)8-11(13)15/h3-9H,15H2,1-2H3. The molecule has 2 rings (SSSR count). The van der Waals surface area contributed by atoms with Crippen molar-refractivity contribution >= 4 is 43.0 Å². The average molecular weight is 375 g/mol. The Bertz CT molecular complexity index is 699. The third kappa shape index (κ3) is 2.90. The smallest absolute Gasteiger partial charge is 0.245 e. The maximum Gasteiger partial charge on any atom is 0.245 e. The van der Waals surface area contributed by atoms with Crippen molar-refractivity contribution in [1.82, 2.24) is 4.31 Å². The number of nitrogens with two attached hydrogens (primary N) is 1. The first-order valence-corrected chi connectivity index (χ1v) is 9.02. The van der Waals surface area contributed by atoms with Crippen molar-refractivity contribution in [2.75, 3.05) is 12.8 Å². The molecule has 108 valence electrons. The number of anilines is 1. The van der Waals surface area contributed by atoms with Gasteiger partial charge in [0.2, 0.25) is 10.0 Å². The maximum absolute atomic E-state index is 12.6. The minimum absolute atomic E-state index is 0.131. The topological polar surface area (TPSA) is 63.4 Å². The number of sulfonamides is 1. The lowest BCUT2D eigenvalue weighted by Crippen LogP contribution is -2.30. The molecule has 1 atom stereocenters. The molecule has 0 radical (unpaired) electrons. The Morgan fingerprint density at radius 3 is 2.60 bits per heavy atom. The summed E-state index contributed by atoms with van der Waals surface area (Å²) in [5.74, 6) is 0. The highest BCUT2D eigenvalue weighted by Crippen LogP contribution is 2.31. The zero-order valence-electron chi connectivity index (χ0n) is 11.1. The lowest BCUT2D eigenvalue weighted by atomic mass is 10.3. The molecular weight excluding hydrogens is 360 g/mol. The van der Waals surface area contributed by atoms with Gasteiger partial charge in [-0.2, -0.15) is 4.31 Å². The average Bonchev–Trinajstić information content (AvgIpc) is 2.90. The van der Waals surface area contributed by atoms with Gasteiger partial charge < -0.3 is 5.73 Å². The van der Waals surface area contributed by atoms with E-state index in [0.717, 1.165) is 9.35 Å². The molecule has 0 spiro atoms. The van der Waals surface area contributed by atoms with Crippen LogP contribution in [0.15, 0.2) is 45.1 Å². The van der Waals surface area contributed by atoms with Gasteiger partial charge in [-0.3, -0.25) is 0 Å². The Labute approximate surface area is 131 Å². The second-order valence-electron chi connectivity index (χ2n) is 4.39. The molecule has 0 saturated heterocycles. The van der Waals surface area contributed by atoms with E-state index < -0.39 is 10.0 Å². The van der Waals surface area contributed by atoms with Gasteiger partial charge in [0.15, 0.2) is 0 Å². The summed E-state index contributed by atoms with van der Waals surface area (Å²) in [6.07, 6.45) is 0. The Morgan fingerprint density at radius 1 is 1.35 bits per heavy atom. The number of nitrogens with zero attached hydrogens (tertiary/aromatic N) is 1. The third-order valence-electron chi connectivity index (χ3n) is 3.13. The maximum atomic E-state index is 12.6. The second kappa shape index (κ2) is 5.85. The molecular formula is C13H15BrN2O2S2. The molecule has 1 heterocycles. The third-order valence-corrected chi connectivity index (χ3v) is 6.67. The number of rotatable bonds is 4. The highest BCUT2D eigenvalue weighted by Gasteiger charge is 2.28. The van der Waals surface area contributed by atoms with E-state index in [4.69, 9.17) is 5.73 Å². The van der Waals surface area contributed by atoms with E-state index in [1.54, 1.807) is 19.2 Å². The largest absolute Gasteiger partial charge is 0.398 e. The van der Waals surface area contributed by atoms with Crippen molar-refractivity contribution in [1.29, 1.82) is 0 Å². The summed E-state index contributed by atoms with van der Waals surface area (Å²) in [5, 5.41) is 1.93. The van der Waals surface area contributed by atoms with Crippen molar-refractivity contribution in [3.05, 3.63) is 45.1 Å². The fraction of sp³-hybridized carbons (Fsp3) is 0.231. The van der Waals surface area contributed by atoms with E-state index in [0.29, 0.717) is 0 Å². The minimum Gasteiger partial charge on any atom is -0.398 e. The van der Waals surface area contributed by atoms with Gasteiger partial charge in [-0.1, -0.05) is 22.0 Å². The molecule has 0 aliphatic carbocycles. The van der Waals surface area contributed by atoms with Crippen LogP contribution in [-0.2, 0) is 10.0 Å². The van der Waals surface area contributed by atoms with Crippen LogP contribution in [0.1, 0.15) is 17.8 Å². The van der Waals surface area contributed by atoms with Crippen molar-refractivity contribution in [2.24, 2.45) is 0 Å². The fourth-order valence-electron chi connectivity index (χ4n) is 1.83. The Hall–Kier alpha value is -0.890. The molecule has 2 N–H and O–H groups in total. The van der Waals surface area contributed by atoms with Gasteiger partial charge >= 0.3 is 0 Å². The van der Waals surface area contributed by atoms with E-state index >= 15 is 0 Å². The van der Waals surface area contributed by atoms with Crippen LogP contribution in [-0.4, -0.2) is 19.8 Å². The molecule has 0 amide bonds. The molecule has 20 heavy (non-hydrogen) atoms. The van der Waals surface area contributed by atoms with E-state index in [-0.39, 0.29) is 16.6 Å². The fourth-order valence-corrected chi connectivity index (χ4v) is 4.53. The van der Waals surface area contributed by atoms with Gasteiger partial charge in [0, 0.05) is 16.4 Å². The lowest BCUT2D eigenvalue weighted by Gasteiger charge is -2.24.